The van der Waals surface area contributed by atoms with Gasteiger partial charge in [0.05, 0.1) is 38.2 Å². The van der Waals surface area contributed by atoms with Gasteiger partial charge in [-0.25, -0.2) is 0 Å². The molecule has 0 saturated carbocycles. The maximum atomic E-state index is 9.64. The minimum Gasteiger partial charge on any atom is -0.491 e. The number of fused-ring (bicyclic) bond motifs is 1. The Balaban J connectivity index is 1.56. The Hall–Kier alpha value is -2.86. The van der Waals surface area contributed by atoms with Crippen LogP contribution < -0.4 is 14.8 Å². The van der Waals surface area contributed by atoms with E-state index in [2.05, 4.69) is 37.2 Å². The number of benzene rings is 2. The van der Waals surface area contributed by atoms with Crippen molar-refractivity contribution in [2.24, 2.45) is 0 Å². The number of pyridine rings is 1. The number of ether oxygens (including phenoxy) is 3. The predicted octanol–water partition coefficient (Wildman–Crippen LogP) is 4.72. The fraction of sp³-hybridized carbons (Fsp3) is 0.333. The van der Waals surface area contributed by atoms with Crippen molar-refractivity contribution in [1.29, 1.82) is 5.26 Å². The Kier molecular flexibility index (Phi) is 7.43. The van der Waals surface area contributed by atoms with E-state index in [1.54, 1.807) is 13.3 Å². The summed E-state index contributed by atoms with van der Waals surface area (Å²) in [4.78, 5) is 6.89. The van der Waals surface area contributed by atoms with Crippen LogP contribution in [0, 0.1) is 11.3 Å². The molecule has 1 fully saturated rings. The van der Waals surface area contributed by atoms with Crippen LogP contribution in [-0.4, -0.2) is 56.4 Å². The van der Waals surface area contributed by atoms with Gasteiger partial charge in [0, 0.05) is 41.4 Å². The highest BCUT2D eigenvalue weighted by molar-refractivity contribution is 9.10. The van der Waals surface area contributed by atoms with Crippen LogP contribution in [0.15, 0.2) is 47.1 Å². The third-order valence-corrected chi connectivity index (χ3v) is 5.85. The highest BCUT2D eigenvalue weighted by atomic mass is 79.9. The van der Waals surface area contributed by atoms with Gasteiger partial charge in [0.15, 0.2) is 11.5 Å². The molecule has 1 aromatic heterocycles. The third-order valence-electron chi connectivity index (χ3n) is 5.36. The molecule has 166 valence electrons. The molecule has 1 N–H and O–H groups in total. The first-order chi connectivity index (χ1) is 15.7. The number of anilines is 2. The molecule has 0 spiro atoms. The molecule has 0 radical (unpaired) electrons. The Morgan fingerprint density at radius 3 is 2.84 bits per heavy atom. The summed E-state index contributed by atoms with van der Waals surface area (Å²) < 4.78 is 18.1. The number of hydrogen-bond donors (Lipinski definition) is 1. The number of morpholine rings is 1. The van der Waals surface area contributed by atoms with Crippen molar-refractivity contribution in [2.75, 3.05) is 51.9 Å². The fourth-order valence-electron chi connectivity index (χ4n) is 3.76. The quantitative estimate of drug-likeness (QED) is 0.451. The average molecular weight is 497 g/mol. The lowest BCUT2D eigenvalue weighted by Crippen LogP contribution is -2.37. The molecule has 0 unspecified atom stereocenters. The van der Waals surface area contributed by atoms with Gasteiger partial charge in [-0.15, -0.1) is 0 Å². The smallest absolute Gasteiger partial charge is 0.187 e. The second kappa shape index (κ2) is 10.6. The summed E-state index contributed by atoms with van der Waals surface area (Å²) in [5, 5.41) is 13.8. The van der Waals surface area contributed by atoms with Gasteiger partial charge in [-0.3, -0.25) is 9.88 Å². The molecular weight excluding hydrogens is 472 g/mol. The van der Waals surface area contributed by atoms with E-state index < -0.39 is 0 Å². The molecule has 7 nitrogen and oxygen atoms in total. The van der Waals surface area contributed by atoms with Crippen LogP contribution in [0.5, 0.6) is 11.5 Å². The fourth-order valence-corrected chi connectivity index (χ4v) is 4.16. The molecular formula is C24H25BrN4O3. The topological polar surface area (TPSA) is 79.6 Å². The average Bonchev–Trinajstić information content (AvgIpc) is 2.82. The molecule has 32 heavy (non-hydrogen) atoms. The van der Waals surface area contributed by atoms with E-state index in [4.69, 9.17) is 14.2 Å². The first-order valence-corrected chi connectivity index (χ1v) is 11.3. The monoisotopic (exact) mass is 496 g/mol. The molecule has 1 aliphatic heterocycles. The van der Waals surface area contributed by atoms with Crippen LogP contribution in [0.25, 0.3) is 10.9 Å². The summed E-state index contributed by atoms with van der Waals surface area (Å²) in [6.45, 7) is 5.09. The summed E-state index contributed by atoms with van der Waals surface area (Å²) in [6, 6.07) is 13.8. The predicted molar refractivity (Wildman–Crippen MR) is 128 cm³/mol. The zero-order valence-corrected chi connectivity index (χ0v) is 19.5. The van der Waals surface area contributed by atoms with Crippen LogP contribution in [-0.2, 0) is 4.74 Å². The Labute approximate surface area is 196 Å². The van der Waals surface area contributed by atoms with Gasteiger partial charge in [0.2, 0.25) is 0 Å². The normalized spacial score (nSPS) is 14.2. The van der Waals surface area contributed by atoms with Crippen molar-refractivity contribution < 1.29 is 14.2 Å². The minimum atomic E-state index is 0.457. The van der Waals surface area contributed by atoms with Gasteiger partial charge in [-0.2, -0.15) is 5.26 Å². The second-order valence-electron chi connectivity index (χ2n) is 7.44. The van der Waals surface area contributed by atoms with E-state index in [0.29, 0.717) is 34.9 Å². The first kappa shape index (κ1) is 22.3. The van der Waals surface area contributed by atoms with Gasteiger partial charge in [0.1, 0.15) is 11.6 Å². The Morgan fingerprint density at radius 1 is 1.25 bits per heavy atom. The van der Waals surface area contributed by atoms with Gasteiger partial charge in [-0.1, -0.05) is 22.0 Å². The largest absolute Gasteiger partial charge is 0.491 e. The van der Waals surface area contributed by atoms with Gasteiger partial charge in [0.25, 0.3) is 0 Å². The highest BCUT2D eigenvalue weighted by Crippen LogP contribution is 2.39. The van der Waals surface area contributed by atoms with Crippen LogP contribution in [0.4, 0.5) is 11.4 Å². The van der Waals surface area contributed by atoms with Crippen molar-refractivity contribution in [3.05, 3.63) is 52.6 Å². The minimum absolute atomic E-state index is 0.457. The summed E-state index contributed by atoms with van der Waals surface area (Å²) in [5.74, 6) is 1.21. The number of hydrogen-bond acceptors (Lipinski definition) is 7. The van der Waals surface area contributed by atoms with Crippen LogP contribution >= 0.6 is 15.9 Å². The molecule has 0 amide bonds. The Bertz CT molecular complexity index is 1130. The van der Waals surface area contributed by atoms with E-state index >= 15 is 0 Å². The zero-order valence-electron chi connectivity index (χ0n) is 17.9. The maximum absolute atomic E-state index is 9.64. The zero-order chi connectivity index (χ0) is 22.3. The van der Waals surface area contributed by atoms with Crippen molar-refractivity contribution in [3.8, 4) is 17.6 Å². The first-order valence-electron chi connectivity index (χ1n) is 10.5. The van der Waals surface area contributed by atoms with Gasteiger partial charge >= 0.3 is 0 Å². The molecule has 0 atom stereocenters. The van der Waals surface area contributed by atoms with Crippen molar-refractivity contribution >= 4 is 38.2 Å². The molecule has 2 aromatic carbocycles. The number of halogens is 1. The number of nitrogens with one attached hydrogen (secondary N) is 1. The van der Waals surface area contributed by atoms with Gasteiger partial charge in [-0.05, 0) is 36.8 Å². The number of aromatic nitrogens is 1. The number of nitrogens with zero attached hydrogens (tertiary/aromatic N) is 3. The standard InChI is InChI=1S/C24H25BrN4O3/c1-30-24-21(32-11-3-8-29-9-12-31-13-10-29)7-6-20-22(17(15-26)16-27-23(20)24)28-19-5-2-4-18(25)14-19/h2,4-7,14,16H,3,8-13H2,1H3,(H,27,28). The number of methoxy groups -OCH3 is 1. The summed E-state index contributed by atoms with van der Waals surface area (Å²) in [5.41, 5.74) is 2.66. The van der Waals surface area contributed by atoms with E-state index in [1.165, 1.54) is 0 Å². The summed E-state index contributed by atoms with van der Waals surface area (Å²) in [6.07, 6.45) is 2.48. The number of nitriles is 1. The SMILES string of the molecule is COc1c(OCCCN2CCOCC2)ccc2c(Nc3cccc(Br)c3)c(C#N)cnc12. The molecule has 1 saturated heterocycles. The Morgan fingerprint density at radius 2 is 2.09 bits per heavy atom. The summed E-state index contributed by atoms with van der Waals surface area (Å²) >= 11 is 3.49. The molecule has 2 heterocycles. The lowest BCUT2D eigenvalue weighted by Gasteiger charge is -2.26. The van der Waals surface area contributed by atoms with E-state index in [9.17, 15) is 5.26 Å². The molecule has 4 rings (SSSR count). The number of rotatable bonds is 8. The maximum Gasteiger partial charge on any atom is 0.187 e. The van der Waals surface area contributed by atoms with E-state index in [-0.39, 0.29) is 0 Å². The van der Waals surface area contributed by atoms with Crippen molar-refractivity contribution in [1.82, 2.24) is 9.88 Å². The molecule has 0 aliphatic carbocycles. The van der Waals surface area contributed by atoms with Crippen LogP contribution in [0.1, 0.15) is 12.0 Å². The lowest BCUT2D eigenvalue weighted by atomic mass is 10.1. The van der Waals surface area contributed by atoms with E-state index in [1.807, 2.05) is 36.4 Å². The third kappa shape index (κ3) is 5.13. The van der Waals surface area contributed by atoms with Crippen molar-refractivity contribution in [3.63, 3.8) is 0 Å². The second-order valence-corrected chi connectivity index (χ2v) is 8.36. The summed E-state index contributed by atoms with van der Waals surface area (Å²) in [7, 11) is 1.61. The van der Waals surface area contributed by atoms with Gasteiger partial charge < -0.3 is 19.5 Å². The van der Waals surface area contributed by atoms with E-state index in [0.717, 1.165) is 54.8 Å². The highest BCUT2D eigenvalue weighted by Gasteiger charge is 2.17. The molecule has 8 heteroatoms. The van der Waals surface area contributed by atoms with Crippen molar-refractivity contribution in [2.45, 2.75) is 6.42 Å². The van der Waals surface area contributed by atoms with Crippen LogP contribution in [0.2, 0.25) is 0 Å². The lowest BCUT2D eigenvalue weighted by molar-refractivity contribution is 0.0357. The molecule has 3 aromatic rings. The van der Waals surface area contributed by atoms with Crippen LogP contribution in [0.3, 0.4) is 0 Å². The molecule has 0 bridgehead atoms. The molecule has 1 aliphatic rings.